The molecule has 2 aromatic heterocycles. The maximum Gasteiger partial charge on any atom is 0.276 e. The highest BCUT2D eigenvalue weighted by Gasteiger charge is 2.36. The van der Waals surface area contributed by atoms with Crippen LogP contribution in [0.15, 0.2) is 41.4 Å². The average molecular weight is 687 g/mol. The van der Waals surface area contributed by atoms with Gasteiger partial charge in [0, 0.05) is 30.6 Å². The van der Waals surface area contributed by atoms with Gasteiger partial charge in [-0.05, 0) is 56.7 Å². The van der Waals surface area contributed by atoms with Crippen LogP contribution in [0, 0.1) is 34.7 Å². The number of nitrogens with zero attached hydrogens (tertiary/aromatic N) is 5. The van der Waals surface area contributed by atoms with Crippen LogP contribution in [0.4, 0.5) is 24.5 Å². The fourth-order valence-corrected chi connectivity index (χ4v) is 6.95. The first-order valence-electron chi connectivity index (χ1n) is 14.8. The van der Waals surface area contributed by atoms with Crippen molar-refractivity contribution in [1.82, 2.24) is 19.8 Å². The van der Waals surface area contributed by atoms with Crippen LogP contribution >= 0.6 is 23.2 Å². The molecule has 5 rings (SSSR count). The molecule has 1 fully saturated rings. The van der Waals surface area contributed by atoms with Gasteiger partial charge in [0.2, 0.25) is 5.91 Å². The van der Waals surface area contributed by atoms with Gasteiger partial charge in [0.05, 0.1) is 39.4 Å². The van der Waals surface area contributed by atoms with E-state index in [0.717, 1.165) is 0 Å². The number of fused-ring (bicyclic) bond motifs is 1. The molecular formula is C33H32Cl2F3N7O2. The molecule has 47 heavy (non-hydrogen) atoms. The number of allylic oxidation sites excluding steroid dienone is 2. The van der Waals surface area contributed by atoms with Gasteiger partial charge in [-0.25, -0.2) is 18.2 Å². The third-order valence-corrected chi connectivity index (χ3v) is 9.23. The Morgan fingerprint density at radius 2 is 1.83 bits per heavy atom. The SMILES string of the molecule is C=CC(=O)N1[C@H](C)CN(c2c(C#N)c(=O)n(C3=C(C)C=CNC3C(C)C)c3nc(-c4c(N)c(F)c(F)c(Cl)c4F)c(Cl)cc23)C[C@@H]1C. The van der Waals surface area contributed by atoms with Crippen LogP contribution in [-0.4, -0.2) is 51.6 Å². The summed E-state index contributed by atoms with van der Waals surface area (Å²) in [4.78, 5) is 35.3. The van der Waals surface area contributed by atoms with Crippen molar-refractivity contribution in [2.24, 2.45) is 5.92 Å². The average Bonchev–Trinajstić information content (AvgIpc) is 3.02. The smallest absolute Gasteiger partial charge is 0.276 e. The predicted octanol–water partition coefficient (Wildman–Crippen LogP) is 6.23. The van der Waals surface area contributed by atoms with Crippen molar-refractivity contribution in [2.75, 3.05) is 23.7 Å². The van der Waals surface area contributed by atoms with Gasteiger partial charge >= 0.3 is 0 Å². The fourth-order valence-electron chi connectivity index (χ4n) is 6.53. The number of nitrogens with one attached hydrogen (secondary N) is 1. The van der Waals surface area contributed by atoms with Gasteiger partial charge in [0.1, 0.15) is 22.3 Å². The lowest BCUT2D eigenvalue weighted by molar-refractivity contribution is -0.130. The minimum atomic E-state index is -1.67. The first kappa shape index (κ1) is 33.9. The summed E-state index contributed by atoms with van der Waals surface area (Å²) in [6.45, 7) is 13.4. The summed E-state index contributed by atoms with van der Waals surface area (Å²) in [6, 6.07) is 2.35. The molecule has 14 heteroatoms. The molecule has 2 aliphatic rings. The minimum Gasteiger partial charge on any atom is -0.396 e. The normalized spacial score (nSPS) is 19.7. The predicted molar refractivity (Wildman–Crippen MR) is 178 cm³/mol. The van der Waals surface area contributed by atoms with E-state index in [1.165, 1.54) is 16.7 Å². The molecule has 1 aromatic carbocycles. The Balaban J connectivity index is 1.92. The van der Waals surface area contributed by atoms with E-state index in [2.05, 4.69) is 22.9 Å². The molecule has 3 aromatic rings. The first-order valence-corrected chi connectivity index (χ1v) is 15.6. The van der Waals surface area contributed by atoms with Gasteiger partial charge in [0.15, 0.2) is 17.5 Å². The van der Waals surface area contributed by atoms with Gasteiger partial charge in [-0.1, -0.05) is 43.6 Å². The Hall–Kier alpha value is -4.47. The van der Waals surface area contributed by atoms with E-state index in [-0.39, 0.29) is 70.0 Å². The second-order valence-corrected chi connectivity index (χ2v) is 12.8. The van der Waals surface area contributed by atoms with Gasteiger partial charge in [-0.2, -0.15) is 5.26 Å². The van der Waals surface area contributed by atoms with E-state index in [0.29, 0.717) is 11.3 Å². The zero-order valence-electron chi connectivity index (χ0n) is 26.3. The van der Waals surface area contributed by atoms with Crippen molar-refractivity contribution in [2.45, 2.75) is 52.7 Å². The van der Waals surface area contributed by atoms with Gasteiger partial charge in [-0.15, -0.1) is 0 Å². The molecule has 9 nitrogen and oxygen atoms in total. The number of carbonyl (C=O) groups is 1. The number of pyridine rings is 2. The number of nitrogens with two attached hydrogens (primary N) is 1. The standard InChI is InChI=1S/C33H32Cl2F3N7O2/c1-7-21(46)44-16(5)12-43(13-17(44)6)31-18-10-20(34)29(22-24(36)23(35)25(37)26(38)27(22)40)42-32(18)45(33(47)19(31)11-39)30-15(4)8-9-41-28(30)14(2)3/h7-10,14,16-17,28,41H,1,12-13,40H2,2-6H3/t16-,17+,28?. The molecule has 0 bridgehead atoms. The number of halogens is 5. The molecule has 3 atom stereocenters. The highest BCUT2D eigenvalue weighted by Crippen LogP contribution is 2.43. The van der Waals surface area contributed by atoms with Gasteiger partial charge in [-0.3, -0.25) is 14.2 Å². The lowest BCUT2D eigenvalue weighted by Crippen LogP contribution is -2.58. The quantitative estimate of drug-likeness (QED) is 0.142. The van der Waals surface area contributed by atoms with Crippen molar-refractivity contribution >= 4 is 57.2 Å². The van der Waals surface area contributed by atoms with Crippen LogP contribution in [0.5, 0.6) is 0 Å². The number of amides is 1. The highest BCUT2D eigenvalue weighted by atomic mass is 35.5. The van der Waals surface area contributed by atoms with Gasteiger partial charge in [0.25, 0.3) is 5.56 Å². The van der Waals surface area contributed by atoms with Crippen molar-refractivity contribution < 1.29 is 18.0 Å². The van der Waals surface area contributed by atoms with Crippen molar-refractivity contribution in [3.05, 3.63) is 80.0 Å². The number of hydrogen-bond donors (Lipinski definition) is 2. The Morgan fingerprint density at radius 1 is 1.19 bits per heavy atom. The number of rotatable bonds is 5. The van der Waals surface area contributed by atoms with E-state index in [1.807, 2.05) is 32.6 Å². The molecule has 0 radical (unpaired) electrons. The molecule has 0 aliphatic carbocycles. The zero-order valence-corrected chi connectivity index (χ0v) is 27.8. The number of benzene rings is 1. The van der Waals surface area contributed by atoms with Gasteiger partial charge < -0.3 is 20.9 Å². The van der Waals surface area contributed by atoms with Crippen LogP contribution in [0.25, 0.3) is 28.0 Å². The maximum absolute atomic E-state index is 15.5. The number of hydrogen-bond acceptors (Lipinski definition) is 7. The number of aromatic nitrogens is 2. The highest BCUT2D eigenvalue weighted by molar-refractivity contribution is 6.34. The maximum atomic E-state index is 15.5. The second kappa shape index (κ2) is 12.6. The molecule has 4 heterocycles. The topological polar surface area (TPSA) is 120 Å². The molecule has 1 saturated heterocycles. The van der Waals surface area contributed by atoms with Crippen LogP contribution < -0.4 is 21.5 Å². The number of piperazine rings is 1. The molecule has 3 N–H and O–H groups in total. The van der Waals surface area contributed by atoms with E-state index in [4.69, 9.17) is 28.9 Å². The Labute approximate surface area is 279 Å². The lowest BCUT2D eigenvalue weighted by Gasteiger charge is -2.45. The fraction of sp³-hybridized carbons (Fsp3) is 0.333. The van der Waals surface area contributed by atoms with Crippen LogP contribution in [-0.2, 0) is 4.79 Å². The summed E-state index contributed by atoms with van der Waals surface area (Å²) < 4.78 is 45.9. The monoisotopic (exact) mass is 685 g/mol. The molecule has 2 aliphatic heterocycles. The molecule has 0 spiro atoms. The lowest BCUT2D eigenvalue weighted by atomic mass is 9.94. The minimum absolute atomic E-state index is 0.0370. The van der Waals surface area contributed by atoms with E-state index in [1.54, 1.807) is 24.1 Å². The Kier molecular flexibility index (Phi) is 9.10. The Bertz CT molecular complexity index is 1980. The van der Waals surface area contributed by atoms with Crippen LogP contribution in [0.2, 0.25) is 10.0 Å². The van der Waals surface area contributed by atoms with Crippen LogP contribution in [0.3, 0.4) is 0 Å². The summed E-state index contributed by atoms with van der Waals surface area (Å²) in [5, 5.41) is 12.6. The number of anilines is 2. The summed E-state index contributed by atoms with van der Waals surface area (Å²) >= 11 is 12.5. The summed E-state index contributed by atoms with van der Waals surface area (Å²) in [7, 11) is 0. The molecule has 1 amide bonds. The van der Waals surface area contributed by atoms with E-state index in [9.17, 15) is 23.6 Å². The van der Waals surface area contributed by atoms with E-state index < -0.39 is 45.3 Å². The number of dihydropyridines is 1. The van der Waals surface area contributed by atoms with E-state index >= 15 is 4.39 Å². The third kappa shape index (κ3) is 5.41. The second-order valence-electron chi connectivity index (χ2n) is 12.1. The zero-order chi connectivity index (χ0) is 34.6. The summed E-state index contributed by atoms with van der Waals surface area (Å²) in [6.07, 6.45) is 4.74. The largest absolute Gasteiger partial charge is 0.396 e. The Morgan fingerprint density at radius 3 is 2.40 bits per heavy atom. The molecule has 0 saturated carbocycles. The van der Waals surface area contributed by atoms with Crippen molar-refractivity contribution in [3.8, 4) is 17.3 Å². The first-order chi connectivity index (χ1) is 22.2. The molecule has 246 valence electrons. The van der Waals surface area contributed by atoms with Crippen LogP contribution in [0.1, 0.15) is 40.2 Å². The third-order valence-electron chi connectivity index (χ3n) is 8.61. The number of nitrogen functional groups attached to an aromatic ring is 1. The number of nitriles is 1. The summed E-state index contributed by atoms with van der Waals surface area (Å²) in [5.74, 6) is -4.96. The van der Waals surface area contributed by atoms with Crippen molar-refractivity contribution in [1.29, 1.82) is 5.26 Å². The molecule has 1 unspecified atom stereocenters. The van der Waals surface area contributed by atoms with Crippen molar-refractivity contribution in [3.63, 3.8) is 0 Å². The number of carbonyl (C=O) groups excluding carboxylic acids is 1. The molecular weight excluding hydrogens is 654 g/mol. The summed E-state index contributed by atoms with van der Waals surface area (Å²) in [5.41, 5.74) is 4.29.